The number of benzene rings is 1. The smallest absolute Gasteiger partial charge is 0.337 e. The van der Waals surface area contributed by atoms with Gasteiger partial charge in [-0.2, -0.15) is 10.1 Å². The second-order valence-electron chi connectivity index (χ2n) is 3.30. The van der Waals surface area contributed by atoms with Gasteiger partial charge < -0.3 is 10.8 Å². The molecular formula is C10H9N3O3. The number of aromatic carboxylic acids is 1. The van der Waals surface area contributed by atoms with Gasteiger partial charge in [0.2, 0.25) is 0 Å². The number of nitrogens with two attached hydrogens (primary N) is 1. The number of hydrazone groups is 1. The predicted molar refractivity (Wildman–Crippen MR) is 57.1 cm³/mol. The number of para-hydroxylation sites is 1. The van der Waals surface area contributed by atoms with E-state index >= 15 is 0 Å². The molecule has 0 saturated carbocycles. The minimum atomic E-state index is -1.11. The average Bonchev–Trinajstić information content (AvgIpc) is 2.57. The molecule has 1 heterocycles. The molecule has 6 nitrogen and oxygen atoms in total. The fourth-order valence-electron chi connectivity index (χ4n) is 1.48. The van der Waals surface area contributed by atoms with Crippen molar-refractivity contribution in [1.29, 1.82) is 0 Å². The van der Waals surface area contributed by atoms with Crippen LogP contribution in [0.3, 0.4) is 0 Å². The summed E-state index contributed by atoms with van der Waals surface area (Å²) in [5.41, 5.74) is 5.68. The first kappa shape index (κ1) is 10.2. The molecule has 16 heavy (non-hydrogen) atoms. The zero-order chi connectivity index (χ0) is 11.7. The molecule has 2 rings (SSSR count). The van der Waals surface area contributed by atoms with Crippen molar-refractivity contribution in [2.24, 2.45) is 10.8 Å². The molecule has 1 amide bonds. The van der Waals surface area contributed by atoms with Crippen molar-refractivity contribution in [3.05, 3.63) is 29.8 Å². The number of carboxylic acid groups (broad SMARTS) is 1. The van der Waals surface area contributed by atoms with E-state index in [2.05, 4.69) is 5.10 Å². The number of carbonyl (C=O) groups excluding carboxylic acids is 1. The lowest BCUT2D eigenvalue weighted by Crippen LogP contribution is -2.22. The second kappa shape index (κ2) is 3.65. The van der Waals surface area contributed by atoms with Crippen LogP contribution in [0.15, 0.2) is 29.4 Å². The van der Waals surface area contributed by atoms with Crippen molar-refractivity contribution < 1.29 is 14.7 Å². The summed E-state index contributed by atoms with van der Waals surface area (Å²) in [5, 5.41) is 13.8. The Balaban J connectivity index is 2.48. The summed E-state index contributed by atoms with van der Waals surface area (Å²) in [6.45, 7) is 0. The van der Waals surface area contributed by atoms with Crippen molar-refractivity contribution in [2.45, 2.75) is 6.42 Å². The SMILES string of the molecule is NC1=NN(c2ccccc2C(=O)O)C(=O)C1. The van der Waals surface area contributed by atoms with Crippen molar-refractivity contribution in [3.8, 4) is 0 Å². The lowest BCUT2D eigenvalue weighted by Gasteiger charge is -2.13. The summed E-state index contributed by atoms with van der Waals surface area (Å²) in [7, 11) is 0. The fraction of sp³-hybridized carbons (Fsp3) is 0.100. The highest BCUT2D eigenvalue weighted by atomic mass is 16.4. The van der Waals surface area contributed by atoms with E-state index in [9.17, 15) is 9.59 Å². The van der Waals surface area contributed by atoms with Gasteiger partial charge in [-0.15, -0.1) is 0 Å². The maximum absolute atomic E-state index is 11.5. The minimum Gasteiger partial charge on any atom is -0.478 e. The van der Waals surface area contributed by atoms with Gasteiger partial charge in [-0.3, -0.25) is 4.79 Å². The molecule has 1 aliphatic heterocycles. The molecule has 82 valence electrons. The van der Waals surface area contributed by atoms with Crippen LogP contribution >= 0.6 is 0 Å². The number of hydrogen-bond donors (Lipinski definition) is 2. The van der Waals surface area contributed by atoms with Crippen LogP contribution in [0.1, 0.15) is 16.8 Å². The maximum atomic E-state index is 11.5. The van der Waals surface area contributed by atoms with Crippen LogP contribution < -0.4 is 10.7 Å². The Labute approximate surface area is 91.0 Å². The van der Waals surface area contributed by atoms with Gasteiger partial charge in [-0.25, -0.2) is 4.79 Å². The van der Waals surface area contributed by atoms with Crippen LogP contribution in [0.5, 0.6) is 0 Å². The van der Waals surface area contributed by atoms with Crippen LogP contribution in [0.2, 0.25) is 0 Å². The largest absolute Gasteiger partial charge is 0.478 e. The van der Waals surface area contributed by atoms with E-state index in [1.54, 1.807) is 12.1 Å². The van der Waals surface area contributed by atoms with Crippen LogP contribution in [0, 0.1) is 0 Å². The van der Waals surface area contributed by atoms with Gasteiger partial charge in [0.25, 0.3) is 5.91 Å². The number of nitrogens with zero attached hydrogens (tertiary/aromatic N) is 2. The van der Waals surface area contributed by atoms with Gasteiger partial charge in [0, 0.05) is 0 Å². The quantitative estimate of drug-likeness (QED) is 0.752. The van der Waals surface area contributed by atoms with Gasteiger partial charge in [0.1, 0.15) is 5.84 Å². The first-order valence-corrected chi connectivity index (χ1v) is 4.58. The number of amides is 1. The van der Waals surface area contributed by atoms with Crippen LogP contribution in [-0.2, 0) is 4.79 Å². The monoisotopic (exact) mass is 219 g/mol. The number of hydrogen-bond acceptors (Lipinski definition) is 4. The van der Waals surface area contributed by atoms with Crippen molar-refractivity contribution >= 4 is 23.4 Å². The molecule has 6 heteroatoms. The molecule has 0 aromatic heterocycles. The Morgan fingerprint density at radius 3 is 2.69 bits per heavy atom. The van der Waals surface area contributed by atoms with Crippen LogP contribution in [-0.4, -0.2) is 22.8 Å². The lowest BCUT2D eigenvalue weighted by molar-refractivity contribution is -0.116. The Morgan fingerprint density at radius 2 is 2.12 bits per heavy atom. The van der Waals surface area contributed by atoms with Gasteiger partial charge in [-0.1, -0.05) is 12.1 Å². The third-order valence-electron chi connectivity index (χ3n) is 2.16. The van der Waals surface area contributed by atoms with E-state index in [-0.39, 0.29) is 29.4 Å². The van der Waals surface area contributed by atoms with Crippen molar-refractivity contribution in [3.63, 3.8) is 0 Å². The molecule has 0 aliphatic carbocycles. The number of amidine groups is 1. The molecule has 0 saturated heterocycles. The average molecular weight is 219 g/mol. The van der Waals surface area contributed by atoms with Gasteiger partial charge in [0.15, 0.2) is 0 Å². The third kappa shape index (κ3) is 1.60. The Kier molecular flexibility index (Phi) is 2.32. The number of carboxylic acids is 1. The summed E-state index contributed by atoms with van der Waals surface area (Å²) >= 11 is 0. The lowest BCUT2D eigenvalue weighted by atomic mass is 10.1. The summed E-state index contributed by atoms with van der Waals surface area (Å²) in [4.78, 5) is 22.4. The van der Waals surface area contributed by atoms with E-state index in [0.717, 1.165) is 5.01 Å². The molecule has 0 bridgehead atoms. The van der Waals surface area contributed by atoms with Crippen LogP contribution in [0.4, 0.5) is 5.69 Å². The molecule has 0 spiro atoms. The molecule has 0 unspecified atom stereocenters. The van der Waals surface area contributed by atoms with Crippen LogP contribution in [0.25, 0.3) is 0 Å². The number of rotatable bonds is 2. The molecule has 3 N–H and O–H groups in total. The first-order chi connectivity index (χ1) is 7.59. The Hall–Kier alpha value is -2.37. The topological polar surface area (TPSA) is 96.0 Å². The second-order valence-corrected chi connectivity index (χ2v) is 3.30. The van der Waals surface area contributed by atoms with Gasteiger partial charge in [0.05, 0.1) is 17.7 Å². The molecule has 0 atom stereocenters. The van der Waals surface area contributed by atoms with Gasteiger partial charge >= 0.3 is 5.97 Å². The molecule has 0 fully saturated rings. The summed E-state index contributed by atoms with van der Waals surface area (Å²) in [6.07, 6.45) is 0.0218. The van der Waals surface area contributed by atoms with E-state index < -0.39 is 5.97 Å². The standard InChI is InChI=1S/C10H9N3O3/c11-8-5-9(14)13(12-8)7-4-2-1-3-6(7)10(15)16/h1-4H,5H2,(H2,11,12)(H,15,16). The van der Waals surface area contributed by atoms with E-state index in [4.69, 9.17) is 10.8 Å². The molecule has 1 aliphatic rings. The highest BCUT2D eigenvalue weighted by Crippen LogP contribution is 2.24. The van der Waals surface area contributed by atoms with Gasteiger partial charge in [-0.05, 0) is 12.1 Å². The Bertz CT molecular complexity index is 496. The van der Waals surface area contributed by atoms with Crippen molar-refractivity contribution in [2.75, 3.05) is 5.01 Å². The van der Waals surface area contributed by atoms with Crippen molar-refractivity contribution in [1.82, 2.24) is 0 Å². The molecule has 0 radical (unpaired) electrons. The van der Waals surface area contributed by atoms with E-state index in [1.165, 1.54) is 12.1 Å². The zero-order valence-electron chi connectivity index (χ0n) is 8.25. The summed E-state index contributed by atoms with van der Waals surface area (Å²) in [6, 6.07) is 6.15. The Morgan fingerprint density at radius 1 is 1.44 bits per heavy atom. The third-order valence-corrected chi connectivity index (χ3v) is 2.16. The molecule has 1 aromatic rings. The highest BCUT2D eigenvalue weighted by Gasteiger charge is 2.26. The zero-order valence-corrected chi connectivity index (χ0v) is 8.25. The molecular weight excluding hydrogens is 210 g/mol. The highest BCUT2D eigenvalue weighted by molar-refractivity contribution is 6.13. The first-order valence-electron chi connectivity index (χ1n) is 4.58. The van der Waals surface area contributed by atoms with E-state index in [1.807, 2.05) is 0 Å². The fourth-order valence-corrected chi connectivity index (χ4v) is 1.48. The number of anilines is 1. The predicted octanol–water partition coefficient (Wildman–Crippen LogP) is 0.394. The summed E-state index contributed by atoms with van der Waals surface area (Å²) in [5.74, 6) is -1.25. The van der Waals surface area contributed by atoms with E-state index in [0.29, 0.717) is 0 Å². The minimum absolute atomic E-state index is 0.0218. The number of carbonyl (C=O) groups is 2. The summed E-state index contributed by atoms with van der Waals surface area (Å²) < 4.78 is 0. The molecule has 1 aromatic carbocycles. The maximum Gasteiger partial charge on any atom is 0.337 e. The normalized spacial score (nSPS) is 15.1.